The zero-order chi connectivity index (χ0) is 16.4. The van der Waals surface area contributed by atoms with E-state index in [9.17, 15) is 13.2 Å². The Morgan fingerprint density at radius 1 is 1.43 bits per heavy atom. The van der Waals surface area contributed by atoms with Gasteiger partial charge in [0.05, 0.1) is 11.3 Å². The predicted molar refractivity (Wildman–Crippen MR) is 97.2 cm³/mol. The summed E-state index contributed by atoms with van der Waals surface area (Å²) in [5.41, 5.74) is 5.89. The fourth-order valence-electron chi connectivity index (χ4n) is 2.53. The summed E-state index contributed by atoms with van der Waals surface area (Å²) >= 11 is 3.30. The maximum Gasteiger partial charge on any atom is 0.235 e. The number of benzene rings is 1. The first-order chi connectivity index (χ1) is 10.2. The Labute approximate surface area is 151 Å². The smallest absolute Gasteiger partial charge is 0.235 e. The van der Waals surface area contributed by atoms with Crippen LogP contribution in [0.4, 0.5) is 0 Å². The minimum absolute atomic E-state index is 0. The first-order valence-corrected chi connectivity index (χ1v) is 9.81. The summed E-state index contributed by atoms with van der Waals surface area (Å²) in [5.74, 6) is -0.783. The third kappa shape index (κ3) is 6.06. The average molecular weight is 426 g/mol. The Morgan fingerprint density at radius 3 is 2.61 bits per heavy atom. The molecule has 1 aromatic carbocycles. The quantitative estimate of drug-likeness (QED) is 0.699. The maximum atomic E-state index is 12.2. The normalized spacial score (nSPS) is 17.0. The molecule has 0 bridgehead atoms. The van der Waals surface area contributed by atoms with Gasteiger partial charge in [-0.25, -0.2) is 8.42 Å². The molecule has 5 nitrogen and oxygen atoms in total. The summed E-state index contributed by atoms with van der Waals surface area (Å²) in [6.07, 6.45) is 2.05. The van der Waals surface area contributed by atoms with Crippen LogP contribution in [0, 0.1) is 5.92 Å². The molecule has 0 heterocycles. The lowest BCUT2D eigenvalue weighted by atomic mass is 9.96. The standard InChI is InChI=1S/C15H21BrN2O3S.ClH/c1-15(10-17,12-5-6-12)18-14(19)9-22(20,21)8-11-3-2-4-13(16)7-11;/h2-4,7,12H,5-6,8-10,17H2,1H3,(H,18,19);1H. The van der Waals surface area contributed by atoms with Crippen molar-refractivity contribution >= 4 is 44.1 Å². The van der Waals surface area contributed by atoms with Crippen LogP contribution < -0.4 is 11.1 Å². The second-order valence-corrected chi connectivity index (χ2v) is 9.09. The number of halogens is 2. The van der Waals surface area contributed by atoms with Crippen LogP contribution in [0.2, 0.25) is 0 Å². The first-order valence-electron chi connectivity index (χ1n) is 7.20. The van der Waals surface area contributed by atoms with Crippen LogP contribution in [-0.2, 0) is 20.4 Å². The van der Waals surface area contributed by atoms with Gasteiger partial charge in [0.25, 0.3) is 0 Å². The number of nitrogens with two attached hydrogens (primary N) is 1. The van der Waals surface area contributed by atoms with Crippen molar-refractivity contribution in [2.45, 2.75) is 31.1 Å². The van der Waals surface area contributed by atoms with E-state index in [0.717, 1.165) is 17.3 Å². The van der Waals surface area contributed by atoms with Crippen LogP contribution in [0.3, 0.4) is 0 Å². The molecule has 8 heteroatoms. The highest BCUT2D eigenvalue weighted by atomic mass is 79.9. The molecule has 1 unspecified atom stereocenters. The van der Waals surface area contributed by atoms with Crippen molar-refractivity contribution < 1.29 is 13.2 Å². The van der Waals surface area contributed by atoms with E-state index in [1.807, 2.05) is 13.0 Å². The number of amides is 1. The second-order valence-electron chi connectivity index (χ2n) is 6.11. The van der Waals surface area contributed by atoms with Gasteiger partial charge in [0.1, 0.15) is 5.75 Å². The Kier molecular flexibility index (Phi) is 7.07. The van der Waals surface area contributed by atoms with E-state index >= 15 is 0 Å². The first kappa shape index (κ1) is 20.4. The lowest BCUT2D eigenvalue weighted by molar-refractivity contribution is -0.120. The molecule has 1 aliphatic carbocycles. The summed E-state index contributed by atoms with van der Waals surface area (Å²) in [7, 11) is -3.51. The lowest BCUT2D eigenvalue weighted by Crippen LogP contribution is -2.54. The third-order valence-electron chi connectivity index (χ3n) is 3.95. The molecule has 1 fully saturated rings. The molecule has 3 N–H and O–H groups in total. The molecule has 0 aliphatic heterocycles. The Hall–Kier alpha value is -0.630. The van der Waals surface area contributed by atoms with Crippen LogP contribution >= 0.6 is 28.3 Å². The molecule has 1 saturated carbocycles. The average Bonchev–Trinajstić information content (AvgIpc) is 3.21. The molecule has 0 saturated heterocycles. The van der Waals surface area contributed by atoms with E-state index in [-0.39, 0.29) is 18.2 Å². The van der Waals surface area contributed by atoms with Gasteiger partial charge in [-0.2, -0.15) is 0 Å². The predicted octanol–water partition coefficient (Wildman–Crippen LogP) is 2.03. The molecule has 1 aromatic rings. The monoisotopic (exact) mass is 424 g/mol. The summed E-state index contributed by atoms with van der Waals surface area (Å²) in [6.45, 7) is 2.19. The Morgan fingerprint density at radius 2 is 2.09 bits per heavy atom. The van der Waals surface area contributed by atoms with E-state index < -0.39 is 27.0 Å². The van der Waals surface area contributed by atoms with Crippen LogP contribution in [0.5, 0.6) is 0 Å². The maximum absolute atomic E-state index is 12.2. The molecule has 2 rings (SSSR count). The zero-order valence-electron chi connectivity index (χ0n) is 12.9. The fourth-order valence-corrected chi connectivity index (χ4v) is 4.23. The van der Waals surface area contributed by atoms with Crippen molar-refractivity contribution in [2.75, 3.05) is 12.3 Å². The number of rotatable bonds is 7. The van der Waals surface area contributed by atoms with Gasteiger partial charge in [0, 0.05) is 11.0 Å². The number of carbonyl (C=O) groups is 1. The van der Waals surface area contributed by atoms with Crippen molar-refractivity contribution in [1.29, 1.82) is 0 Å². The molecule has 23 heavy (non-hydrogen) atoms. The SMILES string of the molecule is CC(CN)(NC(=O)CS(=O)(=O)Cc1cccc(Br)c1)C1CC1.Cl. The van der Waals surface area contributed by atoms with Crippen LogP contribution in [-0.4, -0.2) is 32.2 Å². The topological polar surface area (TPSA) is 89.3 Å². The highest BCUT2D eigenvalue weighted by Gasteiger charge is 2.41. The summed E-state index contributed by atoms with van der Waals surface area (Å²) in [4.78, 5) is 12.1. The van der Waals surface area contributed by atoms with Gasteiger partial charge in [-0.3, -0.25) is 4.79 Å². The highest BCUT2D eigenvalue weighted by Crippen LogP contribution is 2.38. The number of carbonyl (C=O) groups excluding carboxylic acids is 1. The van der Waals surface area contributed by atoms with Gasteiger partial charge >= 0.3 is 0 Å². The zero-order valence-corrected chi connectivity index (χ0v) is 16.1. The third-order valence-corrected chi connectivity index (χ3v) is 5.92. The number of sulfone groups is 1. The van der Waals surface area contributed by atoms with Crippen molar-refractivity contribution in [3.05, 3.63) is 34.3 Å². The Balaban J connectivity index is 0.00000264. The summed E-state index contributed by atoms with van der Waals surface area (Å²) in [6, 6.07) is 7.07. The number of nitrogens with one attached hydrogen (secondary N) is 1. The van der Waals surface area contributed by atoms with Gasteiger partial charge in [0.15, 0.2) is 9.84 Å². The van der Waals surface area contributed by atoms with Crippen molar-refractivity contribution in [3.8, 4) is 0 Å². The van der Waals surface area contributed by atoms with Gasteiger partial charge in [-0.15, -0.1) is 12.4 Å². The largest absolute Gasteiger partial charge is 0.349 e. The van der Waals surface area contributed by atoms with Crippen LogP contribution in [0.1, 0.15) is 25.3 Å². The molecular weight excluding hydrogens is 404 g/mol. The van der Waals surface area contributed by atoms with E-state index in [1.165, 1.54) is 0 Å². The molecule has 0 radical (unpaired) electrons. The van der Waals surface area contributed by atoms with Crippen LogP contribution in [0.15, 0.2) is 28.7 Å². The lowest BCUT2D eigenvalue weighted by Gasteiger charge is -2.29. The van der Waals surface area contributed by atoms with E-state index in [0.29, 0.717) is 18.0 Å². The van der Waals surface area contributed by atoms with Crippen molar-refractivity contribution in [2.24, 2.45) is 11.7 Å². The molecular formula is C15H22BrClN2O3S. The van der Waals surface area contributed by atoms with Crippen molar-refractivity contribution in [3.63, 3.8) is 0 Å². The fraction of sp³-hybridized carbons (Fsp3) is 0.533. The Bertz CT molecular complexity index is 664. The molecule has 1 amide bonds. The highest BCUT2D eigenvalue weighted by molar-refractivity contribution is 9.10. The van der Waals surface area contributed by atoms with Crippen LogP contribution in [0.25, 0.3) is 0 Å². The van der Waals surface area contributed by atoms with Gasteiger partial charge in [-0.05, 0) is 43.4 Å². The van der Waals surface area contributed by atoms with E-state index in [2.05, 4.69) is 21.2 Å². The molecule has 1 atom stereocenters. The van der Waals surface area contributed by atoms with Crippen molar-refractivity contribution in [1.82, 2.24) is 5.32 Å². The van der Waals surface area contributed by atoms with Gasteiger partial charge < -0.3 is 11.1 Å². The number of hydrogen-bond acceptors (Lipinski definition) is 4. The summed E-state index contributed by atoms with van der Waals surface area (Å²) in [5, 5.41) is 2.81. The van der Waals surface area contributed by atoms with E-state index in [4.69, 9.17) is 5.73 Å². The minimum atomic E-state index is -3.51. The summed E-state index contributed by atoms with van der Waals surface area (Å²) < 4.78 is 25.2. The van der Waals surface area contributed by atoms with Gasteiger partial charge in [0.2, 0.25) is 5.91 Å². The minimum Gasteiger partial charge on any atom is -0.349 e. The number of hydrogen-bond donors (Lipinski definition) is 2. The second kappa shape index (κ2) is 7.96. The van der Waals surface area contributed by atoms with Gasteiger partial charge in [-0.1, -0.05) is 28.1 Å². The molecule has 130 valence electrons. The molecule has 1 aliphatic rings. The molecule has 0 spiro atoms. The molecule has 0 aromatic heterocycles. The van der Waals surface area contributed by atoms with E-state index in [1.54, 1.807) is 18.2 Å².